The Morgan fingerprint density at radius 2 is 1.63 bits per heavy atom. The van der Waals surface area contributed by atoms with Crippen molar-refractivity contribution in [1.29, 1.82) is 0 Å². The molecule has 3 aliphatic rings. The highest BCUT2D eigenvalue weighted by atomic mass is 16.3. The molecule has 1 saturated heterocycles. The monoisotopic (exact) mass is 375 g/mol. The Hall–Kier alpha value is -1.76. The van der Waals surface area contributed by atoms with E-state index in [0.29, 0.717) is 29.5 Å². The van der Waals surface area contributed by atoms with Crippen LogP contribution in [0.5, 0.6) is 0 Å². The summed E-state index contributed by atoms with van der Waals surface area (Å²) in [6, 6.07) is 0.932. The van der Waals surface area contributed by atoms with Gasteiger partial charge in [0.2, 0.25) is 17.8 Å². The van der Waals surface area contributed by atoms with Crippen molar-refractivity contribution in [2.45, 2.75) is 89.8 Å². The van der Waals surface area contributed by atoms with E-state index < -0.39 is 0 Å². The molecule has 4 rings (SSSR count). The van der Waals surface area contributed by atoms with Crippen molar-refractivity contribution in [2.24, 2.45) is 0 Å². The first kappa shape index (κ1) is 20.0. The lowest BCUT2D eigenvalue weighted by Crippen LogP contribution is -2.35. The van der Waals surface area contributed by atoms with Crippen molar-refractivity contribution in [3.8, 4) is 0 Å². The minimum atomic E-state index is 0.110. The highest BCUT2D eigenvalue weighted by Gasteiger charge is 2.41. The molecule has 2 aliphatic carbocycles. The molecule has 0 amide bonds. The summed E-state index contributed by atoms with van der Waals surface area (Å²) in [5.41, 5.74) is 0.601. The molecule has 0 aromatic carbocycles. The van der Waals surface area contributed by atoms with Crippen LogP contribution in [0.15, 0.2) is 6.20 Å². The van der Waals surface area contributed by atoms with Crippen LogP contribution in [0.25, 0.3) is 0 Å². The molecule has 2 heterocycles. The van der Waals surface area contributed by atoms with Gasteiger partial charge in [0.25, 0.3) is 0 Å². The van der Waals surface area contributed by atoms with E-state index in [1.165, 1.54) is 19.3 Å². The zero-order valence-corrected chi connectivity index (χ0v) is 16.8. The van der Waals surface area contributed by atoms with Crippen LogP contribution in [0.2, 0.25) is 0 Å². The predicted molar refractivity (Wildman–Crippen MR) is 110 cm³/mol. The van der Waals surface area contributed by atoms with Gasteiger partial charge in [0, 0.05) is 34.6 Å². The summed E-state index contributed by atoms with van der Waals surface area (Å²) in [5.74, 6) is 1.35. The van der Waals surface area contributed by atoms with Gasteiger partial charge in [-0.25, -0.2) is 4.98 Å². The number of nitrogens with one attached hydrogen (secondary N) is 3. The average molecular weight is 376 g/mol. The lowest BCUT2D eigenvalue weighted by atomic mass is 9.95. The molecule has 1 aromatic heterocycles. The first-order chi connectivity index (χ1) is 13.3. The van der Waals surface area contributed by atoms with Gasteiger partial charge in [-0.05, 0) is 38.8 Å². The number of hydrogen-bond donors (Lipinski definition) is 3. The fraction of sp³-hybridized carbons (Fsp3) is 0.800. The molecule has 7 nitrogen and oxygen atoms in total. The van der Waals surface area contributed by atoms with Gasteiger partial charge in [-0.3, -0.25) is 0 Å². The number of aromatic nitrogens is 2. The Kier molecular flexibility index (Phi) is 7.38. The molecule has 0 atom stereocenters. The number of nitrogens with zero attached hydrogens (tertiary/aromatic N) is 3. The summed E-state index contributed by atoms with van der Waals surface area (Å²) in [6.07, 6.45) is 11.9. The second kappa shape index (κ2) is 9.97. The second-order valence-electron chi connectivity index (χ2n) is 7.63. The van der Waals surface area contributed by atoms with Crippen LogP contribution in [0.3, 0.4) is 0 Å². The summed E-state index contributed by atoms with van der Waals surface area (Å²) in [4.78, 5) is 21.7. The van der Waals surface area contributed by atoms with Gasteiger partial charge in [-0.15, -0.1) is 0 Å². The Balaban J connectivity index is 0.00000102. The first-order valence-corrected chi connectivity index (χ1v) is 10.9. The van der Waals surface area contributed by atoms with Crippen molar-refractivity contribution in [3.05, 3.63) is 11.1 Å². The van der Waals surface area contributed by atoms with E-state index in [4.69, 9.17) is 4.98 Å². The normalized spacial score (nSPS) is 21.1. The van der Waals surface area contributed by atoms with Gasteiger partial charge in [0.05, 0.1) is 0 Å². The topological polar surface area (TPSA) is 82.0 Å². The molecule has 27 heavy (non-hydrogen) atoms. The Morgan fingerprint density at radius 3 is 2.30 bits per heavy atom. The predicted octanol–water partition coefficient (Wildman–Crippen LogP) is 3.98. The molecule has 150 valence electrons. The molecule has 0 radical (unpaired) electrons. The van der Waals surface area contributed by atoms with E-state index in [0.717, 1.165) is 56.4 Å². The van der Waals surface area contributed by atoms with E-state index in [-0.39, 0.29) is 6.04 Å². The Labute approximate surface area is 162 Å². The maximum absolute atomic E-state index is 12.5. The third-order valence-corrected chi connectivity index (χ3v) is 5.50. The standard InChI is InChI=1S/C18H29N6O.C2H6/c25-24(15-6-7-15)16-12-20-18(22-14-8-10-19-11-9-14)23-17(16)21-13-4-2-1-3-5-13;1-2/h12-15,19H,1-11H2,(H2,20,21,22,23);1-2H3/q+1;. The number of nitroso groups, excluding NO2 is 1. The Bertz CT molecular complexity index is 606. The van der Waals surface area contributed by atoms with Crippen LogP contribution in [0, 0.1) is 4.91 Å². The maximum atomic E-state index is 12.5. The van der Waals surface area contributed by atoms with Crippen LogP contribution in [-0.4, -0.2) is 45.9 Å². The van der Waals surface area contributed by atoms with E-state index in [9.17, 15) is 4.91 Å². The highest BCUT2D eigenvalue weighted by molar-refractivity contribution is 5.57. The average Bonchev–Trinajstić information content (AvgIpc) is 3.56. The zero-order chi connectivity index (χ0) is 19.1. The van der Waals surface area contributed by atoms with Gasteiger partial charge in [0.1, 0.15) is 6.20 Å². The van der Waals surface area contributed by atoms with Crippen LogP contribution in [0.4, 0.5) is 17.5 Å². The van der Waals surface area contributed by atoms with Gasteiger partial charge in [0.15, 0.2) is 0 Å². The van der Waals surface area contributed by atoms with Gasteiger partial charge >= 0.3 is 5.69 Å². The van der Waals surface area contributed by atoms with Crippen LogP contribution in [-0.2, 0) is 0 Å². The summed E-state index contributed by atoms with van der Waals surface area (Å²) in [7, 11) is 0. The highest BCUT2D eigenvalue weighted by Crippen LogP contribution is 2.34. The summed E-state index contributed by atoms with van der Waals surface area (Å²) < 4.78 is 1.11. The molecule has 1 aliphatic heterocycles. The van der Waals surface area contributed by atoms with Crippen molar-refractivity contribution in [3.63, 3.8) is 0 Å². The molecule has 1 aromatic rings. The van der Waals surface area contributed by atoms with Crippen molar-refractivity contribution in [1.82, 2.24) is 15.3 Å². The van der Waals surface area contributed by atoms with E-state index in [2.05, 4.69) is 20.9 Å². The maximum Gasteiger partial charge on any atom is 0.316 e. The first-order valence-electron chi connectivity index (χ1n) is 10.9. The van der Waals surface area contributed by atoms with Crippen molar-refractivity contribution in [2.75, 3.05) is 23.7 Å². The fourth-order valence-corrected chi connectivity index (χ4v) is 3.81. The second-order valence-corrected chi connectivity index (χ2v) is 7.63. The third kappa shape index (κ3) is 5.61. The quantitative estimate of drug-likeness (QED) is 0.652. The molecular formula is C20H35N6O+. The zero-order valence-electron chi connectivity index (χ0n) is 16.8. The van der Waals surface area contributed by atoms with Gasteiger partial charge < -0.3 is 16.0 Å². The number of anilines is 2. The molecular weight excluding hydrogens is 340 g/mol. The fourth-order valence-electron chi connectivity index (χ4n) is 3.81. The molecule has 2 saturated carbocycles. The van der Waals surface area contributed by atoms with Gasteiger partial charge in [-0.1, -0.05) is 33.1 Å². The van der Waals surface area contributed by atoms with E-state index in [1.54, 1.807) is 6.20 Å². The summed E-state index contributed by atoms with van der Waals surface area (Å²) in [5, 5.41) is 10.4. The van der Waals surface area contributed by atoms with Crippen LogP contribution >= 0.6 is 0 Å². The third-order valence-electron chi connectivity index (χ3n) is 5.50. The van der Waals surface area contributed by atoms with Gasteiger partial charge in [-0.2, -0.15) is 4.98 Å². The largest absolute Gasteiger partial charge is 0.362 e. The number of rotatable bonds is 6. The molecule has 0 bridgehead atoms. The number of hydrogen-bond acceptors (Lipinski definition) is 6. The van der Waals surface area contributed by atoms with Crippen LogP contribution < -0.4 is 16.0 Å². The molecule has 7 heteroatoms. The molecule has 3 fully saturated rings. The van der Waals surface area contributed by atoms with E-state index in [1.807, 2.05) is 13.8 Å². The van der Waals surface area contributed by atoms with Crippen molar-refractivity contribution < 1.29 is 4.76 Å². The molecule has 0 spiro atoms. The lowest BCUT2D eigenvalue weighted by Gasteiger charge is -2.25. The van der Waals surface area contributed by atoms with E-state index >= 15 is 0 Å². The summed E-state index contributed by atoms with van der Waals surface area (Å²) in [6.45, 7) is 6.05. The molecule has 3 N–H and O–H groups in total. The smallest absolute Gasteiger partial charge is 0.316 e. The van der Waals surface area contributed by atoms with Crippen LogP contribution in [0.1, 0.15) is 71.6 Å². The Morgan fingerprint density at radius 1 is 0.963 bits per heavy atom. The summed E-state index contributed by atoms with van der Waals surface area (Å²) >= 11 is 0. The van der Waals surface area contributed by atoms with Crippen molar-refractivity contribution >= 4 is 17.5 Å². The minimum Gasteiger partial charge on any atom is -0.362 e. The molecule has 0 unspecified atom stereocenters. The number of piperidine rings is 1. The minimum absolute atomic E-state index is 0.110. The SMILES string of the molecule is CC.O=[N+](c1cnc(NC2CCNCC2)nc1NC1CCCCC1)C1CC1. The lowest BCUT2D eigenvalue weighted by molar-refractivity contribution is -0.477.